The Hall–Kier alpha value is -0.900. The van der Waals surface area contributed by atoms with Gasteiger partial charge in [-0.2, -0.15) is 11.8 Å². The molecule has 64 valence electrons. The van der Waals surface area contributed by atoms with Gasteiger partial charge in [-0.1, -0.05) is 0 Å². The van der Waals surface area contributed by atoms with Crippen molar-refractivity contribution in [2.45, 2.75) is 12.7 Å². The summed E-state index contributed by atoms with van der Waals surface area (Å²) in [6.07, 6.45) is 3.60. The van der Waals surface area contributed by atoms with Gasteiger partial charge in [0.2, 0.25) is 0 Å². The van der Waals surface area contributed by atoms with E-state index in [0.29, 0.717) is 5.69 Å². The highest BCUT2D eigenvalue weighted by atomic mass is 32.2. The number of hydrogen-bond acceptors (Lipinski definition) is 4. The lowest BCUT2D eigenvalue weighted by molar-refractivity contribution is 0.101. The first-order valence-electron chi connectivity index (χ1n) is 3.56. The van der Waals surface area contributed by atoms with Gasteiger partial charge in [-0.25, -0.2) is 9.97 Å². The van der Waals surface area contributed by atoms with Crippen LogP contribution in [0.3, 0.4) is 0 Å². The molecule has 0 amide bonds. The van der Waals surface area contributed by atoms with E-state index in [4.69, 9.17) is 0 Å². The molecule has 0 saturated heterocycles. The standard InChI is InChI=1S/C8H10N2OS/c1-6(11)7-3-4-9-8(10-7)5-12-2/h3-4H,5H2,1-2H3. The number of rotatable bonds is 3. The van der Waals surface area contributed by atoms with Gasteiger partial charge < -0.3 is 0 Å². The summed E-state index contributed by atoms with van der Waals surface area (Å²) < 4.78 is 0. The summed E-state index contributed by atoms with van der Waals surface area (Å²) in [6.45, 7) is 1.51. The van der Waals surface area contributed by atoms with Gasteiger partial charge in [-0.05, 0) is 12.3 Å². The Kier molecular flexibility index (Phi) is 3.22. The molecule has 0 aliphatic rings. The Morgan fingerprint density at radius 3 is 3.00 bits per heavy atom. The molecule has 3 nitrogen and oxygen atoms in total. The zero-order valence-corrected chi connectivity index (χ0v) is 7.89. The monoisotopic (exact) mass is 182 g/mol. The number of aromatic nitrogens is 2. The van der Waals surface area contributed by atoms with E-state index in [1.807, 2.05) is 6.26 Å². The lowest BCUT2D eigenvalue weighted by Gasteiger charge is -1.97. The van der Waals surface area contributed by atoms with Crippen LogP contribution in [0.5, 0.6) is 0 Å². The quantitative estimate of drug-likeness (QED) is 0.665. The molecule has 0 aliphatic heterocycles. The Morgan fingerprint density at radius 1 is 1.67 bits per heavy atom. The van der Waals surface area contributed by atoms with Gasteiger partial charge >= 0.3 is 0 Å². The average molecular weight is 182 g/mol. The van der Waals surface area contributed by atoms with Crippen molar-refractivity contribution in [2.24, 2.45) is 0 Å². The summed E-state index contributed by atoms with van der Waals surface area (Å²) in [6, 6.07) is 1.63. The molecule has 0 bridgehead atoms. The predicted octanol–water partition coefficient (Wildman–Crippen LogP) is 1.54. The molecule has 0 saturated carbocycles. The summed E-state index contributed by atoms with van der Waals surface area (Å²) in [4.78, 5) is 19.0. The molecular weight excluding hydrogens is 172 g/mol. The number of nitrogens with zero attached hydrogens (tertiary/aromatic N) is 2. The largest absolute Gasteiger partial charge is 0.293 e. The van der Waals surface area contributed by atoms with Crippen molar-refractivity contribution in [2.75, 3.05) is 6.26 Å². The first-order chi connectivity index (χ1) is 5.74. The second-order valence-corrected chi connectivity index (χ2v) is 3.21. The minimum atomic E-state index is -0.0141. The molecule has 0 N–H and O–H groups in total. The van der Waals surface area contributed by atoms with Gasteiger partial charge in [0, 0.05) is 13.1 Å². The maximum Gasteiger partial charge on any atom is 0.178 e. The smallest absolute Gasteiger partial charge is 0.178 e. The maximum atomic E-state index is 10.9. The summed E-state index contributed by atoms with van der Waals surface area (Å²) in [5, 5.41) is 0. The minimum absolute atomic E-state index is 0.0141. The molecule has 0 fully saturated rings. The number of thioether (sulfide) groups is 1. The Balaban J connectivity index is 2.88. The van der Waals surface area contributed by atoms with Crippen molar-refractivity contribution < 1.29 is 4.79 Å². The first-order valence-corrected chi connectivity index (χ1v) is 4.95. The van der Waals surface area contributed by atoms with Crippen LogP contribution >= 0.6 is 11.8 Å². The normalized spacial score (nSPS) is 9.83. The Morgan fingerprint density at radius 2 is 2.42 bits per heavy atom. The molecule has 0 aromatic carbocycles. The SMILES string of the molecule is CSCc1nccc(C(C)=O)n1. The van der Waals surface area contributed by atoms with Crippen molar-refractivity contribution >= 4 is 17.5 Å². The minimum Gasteiger partial charge on any atom is -0.293 e. The number of carbonyl (C=O) groups excluding carboxylic acids is 1. The fourth-order valence-electron chi connectivity index (χ4n) is 0.794. The highest BCUT2D eigenvalue weighted by Crippen LogP contribution is 2.04. The molecule has 1 aromatic heterocycles. The van der Waals surface area contributed by atoms with E-state index in [9.17, 15) is 4.79 Å². The number of ketones is 1. The Bertz CT molecular complexity index is 288. The van der Waals surface area contributed by atoms with Crippen molar-refractivity contribution in [1.82, 2.24) is 9.97 Å². The highest BCUT2D eigenvalue weighted by Gasteiger charge is 2.01. The van der Waals surface area contributed by atoms with E-state index >= 15 is 0 Å². The summed E-state index contributed by atoms with van der Waals surface area (Å²) in [5.41, 5.74) is 0.494. The van der Waals surface area contributed by atoms with Crippen molar-refractivity contribution in [3.05, 3.63) is 23.8 Å². The van der Waals surface area contributed by atoms with E-state index in [-0.39, 0.29) is 5.78 Å². The molecular formula is C8H10N2OS. The molecule has 4 heteroatoms. The molecule has 0 spiro atoms. The molecule has 1 rings (SSSR count). The second-order valence-electron chi connectivity index (χ2n) is 2.35. The summed E-state index contributed by atoms with van der Waals surface area (Å²) >= 11 is 1.64. The van der Waals surface area contributed by atoms with Gasteiger partial charge in [-0.3, -0.25) is 4.79 Å². The van der Waals surface area contributed by atoms with E-state index in [0.717, 1.165) is 11.6 Å². The van der Waals surface area contributed by atoms with Crippen LogP contribution in [-0.4, -0.2) is 22.0 Å². The molecule has 0 radical (unpaired) electrons. The molecule has 0 atom stereocenters. The Labute approximate surface area is 75.6 Å². The number of hydrogen-bond donors (Lipinski definition) is 0. The van der Waals surface area contributed by atoms with E-state index in [1.54, 1.807) is 24.0 Å². The lowest BCUT2D eigenvalue weighted by Crippen LogP contribution is -2.01. The van der Waals surface area contributed by atoms with Crippen molar-refractivity contribution in [3.8, 4) is 0 Å². The van der Waals surface area contributed by atoms with Gasteiger partial charge in [0.1, 0.15) is 11.5 Å². The van der Waals surface area contributed by atoms with Gasteiger partial charge in [0.05, 0.1) is 5.75 Å². The van der Waals surface area contributed by atoms with E-state index in [2.05, 4.69) is 9.97 Å². The highest BCUT2D eigenvalue weighted by molar-refractivity contribution is 7.97. The van der Waals surface area contributed by atoms with Gasteiger partial charge in [-0.15, -0.1) is 0 Å². The van der Waals surface area contributed by atoms with Gasteiger partial charge in [0.25, 0.3) is 0 Å². The second kappa shape index (κ2) is 4.21. The average Bonchev–Trinajstić information content (AvgIpc) is 2.05. The zero-order chi connectivity index (χ0) is 8.97. The molecule has 0 aliphatic carbocycles. The molecule has 12 heavy (non-hydrogen) atoms. The molecule has 1 aromatic rings. The topological polar surface area (TPSA) is 42.9 Å². The third-order valence-electron chi connectivity index (χ3n) is 1.34. The number of Topliss-reactive ketones (excluding diaryl/α,β-unsaturated/α-hetero) is 1. The van der Waals surface area contributed by atoms with Crippen molar-refractivity contribution in [3.63, 3.8) is 0 Å². The fourth-order valence-corrected chi connectivity index (χ4v) is 1.19. The van der Waals surface area contributed by atoms with Crippen molar-refractivity contribution in [1.29, 1.82) is 0 Å². The lowest BCUT2D eigenvalue weighted by atomic mass is 10.3. The predicted molar refractivity (Wildman–Crippen MR) is 49.3 cm³/mol. The van der Waals surface area contributed by atoms with Crippen LogP contribution in [0.25, 0.3) is 0 Å². The maximum absolute atomic E-state index is 10.9. The number of carbonyl (C=O) groups is 1. The van der Waals surface area contributed by atoms with Crippen LogP contribution in [0, 0.1) is 0 Å². The van der Waals surface area contributed by atoms with Crippen LogP contribution in [-0.2, 0) is 5.75 Å². The molecule has 1 heterocycles. The molecule has 0 unspecified atom stereocenters. The zero-order valence-electron chi connectivity index (χ0n) is 7.07. The first kappa shape index (κ1) is 9.19. The third-order valence-corrected chi connectivity index (χ3v) is 1.89. The van der Waals surface area contributed by atoms with Gasteiger partial charge in [0.15, 0.2) is 5.78 Å². The van der Waals surface area contributed by atoms with Crippen LogP contribution in [0.4, 0.5) is 0 Å². The third kappa shape index (κ3) is 2.30. The van der Waals surface area contributed by atoms with E-state index in [1.165, 1.54) is 6.92 Å². The van der Waals surface area contributed by atoms with Crippen LogP contribution in [0.1, 0.15) is 23.2 Å². The summed E-state index contributed by atoms with van der Waals surface area (Å²) in [5.74, 6) is 1.45. The summed E-state index contributed by atoms with van der Waals surface area (Å²) in [7, 11) is 0. The van der Waals surface area contributed by atoms with Crippen LogP contribution in [0.15, 0.2) is 12.3 Å². The van der Waals surface area contributed by atoms with Crippen LogP contribution in [0.2, 0.25) is 0 Å². The fraction of sp³-hybridized carbons (Fsp3) is 0.375. The van der Waals surface area contributed by atoms with Crippen LogP contribution < -0.4 is 0 Å². The van der Waals surface area contributed by atoms with E-state index < -0.39 is 0 Å².